The molecule has 0 amide bonds. The summed E-state index contributed by atoms with van der Waals surface area (Å²) in [5, 5.41) is 0. The molecule has 14 heavy (non-hydrogen) atoms. The summed E-state index contributed by atoms with van der Waals surface area (Å²) >= 11 is 0. The third kappa shape index (κ3) is 2.12. The number of rotatable bonds is 2. The van der Waals surface area contributed by atoms with Crippen LogP contribution in [0.1, 0.15) is 11.1 Å². The maximum absolute atomic E-state index is 12.4. The Morgan fingerprint density at radius 2 is 1.71 bits per heavy atom. The van der Waals surface area contributed by atoms with Crippen LogP contribution in [0.2, 0.25) is 0 Å². The zero-order valence-electron chi connectivity index (χ0n) is 7.61. The number of hydrogen-bond donors (Lipinski definition) is 0. The van der Waals surface area contributed by atoms with E-state index in [9.17, 15) is 12.3 Å². The molecule has 0 radical (unpaired) electrons. The van der Waals surface area contributed by atoms with Crippen molar-refractivity contribution in [2.24, 2.45) is 5.92 Å². The average Bonchev–Trinajstić information content (AvgIpc) is 2.42. The normalized spacial score (nSPS) is 16.9. The van der Waals surface area contributed by atoms with Crippen LogP contribution in [0.25, 0.3) is 0 Å². The summed E-state index contributed by atoms with van der Waals surface area (Å²) in [5.74, 6) is -0.427. The fraction of sp³-hybridized carbons (Fsp3) is 0.400. The van der Waals surface area contributed by atoms with E-state index in [1.54, 1.807) is 0 Å². The van der Waals surface area contributed by atoms with Gasteiger partial charge in [-0.1, -0.05) is 24.3 Å². The second kappa shape index (κ2) is 3.35. The van der Waals surface area contributed by atoms with E-state index < -0.39 is 10.2 Å². The average molecular weight is 214 g/mol. The summed E-state index contributed by atoms with van der Waals surface area (Å²) in [7, 11) is -4.33. The van der Waals surface area contributed by atoms with E-state index in [1.165, 1.54) is 0 Å². The lowest BCUT2D eigenvalue weighted by Crippen LogP contribution is -2.12. The van der Waals surface area contributed by atoms with Crippen molar-refractivity contribution in [2.75, 3.05) is 5.75 Å². The molecule has 0 saturated carbocycles. The van der Waals surface area contributed by atoms with Crippen molar-refractivity contribution in [1.82, 2.24) is 0 Å². The predicted molar refractivity (Wildman–Crippen MR) is 52.2 cm³/mol. The van der Waals surface area contributed by atoms with Crippen LogP contribution in [0.15, 0.2) is 24.3 Å². The first-order valence-electron chi connectivity index (χ1n) is 4.54. The van der Waals surface area contributed by atoms with E-state index in [0.29, 0.717) is 12.8 Å². The van der Waals surface area contributed by atoms with Crippen molar-refractivity contribution < 1.29 is 12.3 Å². The molecule has 0 atom stereocenters. The molecular formula is C10H11FO2S. The summed E-state index contributed by atoms with van der Waals surface area (Å²) < 4.78 is 33.4. The highest BCUT2D eigenvalue weighted by molar-refractivity contribution is 7.86. The topological polar surface area (TPSA) is 34.1 Å². The van der Waals surface area contributed by atoms with Gasteiger partial charge in [0.1, 0.15) is 0 Å². The monoisotopic (exact) mass is 214 g/mol. The van der Waals surface area contributed by atoms with Crippen LogP contribution in [-0.4, -0.2) is 14.2 Å². The summed E-state index contributed by atoms with van der Waals surface area (Å²) in [6, 6.07) is 7.79. The van der Waals surface area contributed by atoms with Gasteiger partial charge in [0.05, 0.1) is 5.75 Å². The standard InChI is InChI=1S/C10H11FO2S/c11-14(12,13)7-8-5-9-3-1-2-4-10(9)6-8/h1-4,8H,5-7H2. The maximum atomic E-state index is 12.4. The van der Waals surface area contributed by atoms with Gasteiger partial charge in [-0.3, -0.25) is 0 Å². The van der Waals surface area contributed by atoms with Crippen LogP contribution in [0.3, 0.4) is 0 Å². The van der Waals surface area contributed by atoms with Gasteiger partial charge in [0.2, 0.25) is 0 Å². The second-order valence-corrected chi connectivity index (χ2v) is 5.16. The Labute approximate surface area is 83.0 Å². The molecule has 2 rings (SSSR count). The molecule has 0 aliphatic heterocycles. The second-order valence-electron chi connectivity index (χ2n) is 3.75. The third-order valence-electron chi connectivity index (χ3n) is 2.57. The van der Waals surface area contributed by atoms with Crippen LogP contribution in [-0.2, 0) is 23.1 Å². The van der Waals surface area contributed by atoms with Gasteiger partial charge in [-0.05, 0) is 29.9 Å². The molecule has 0 fully saturated rings. The molecule has 0 aromatic heterocycles. The minimum absolute atomic E-state index is 0.0811. The lowest BCUT2D eigenvalue weighted by molar-refractivity contribution is 0.526. The molecule has 0 bridgehead atoms. The Kier molecular flexibility index (Phi) is 2.31. The summed E-state index contributed by atoms with van der Waals surface area (Å²) in [4.78, 5) is 0. The fourth-order valence-electron chi connectivity index (χ4n) is 2.05. The molecule has 1 aliphatic carbocycles. The van der Waals surface area contributed by atoms with Gasteiger partial charge < -0.3 is 0 Å². The van der Waals surface area contributed by atoms with Crippen LogP contribution in [0.5, 0.6) is 0 Å². The number of benzene rings is 1. The number of fused-ring (bicyclic) bond motifs is 1. The van der Waals surface area contributed by atoms with Crippen LogP contribution >= 0.6 is 0 Å². The van der Waals surface area contributed by atoms with Gasteiger partial charge in [0, 0.05) is 0 Å². The molecule has 0 unspecified atom stereocenters. The number of hydrogen-bond acceptors (Lipinski definition) is 2. The molecular weight excluding hydrogens is 203 g/mol. The molecule has 0 saturated heterocycles. The van der Waals surface area contributed by atoms with Gasteiger partial charge in [0.25, 0.3) is 0 Å². The van der Waals surface area contributed by atoms with Crippen molar-refractivity contribution >= 4 is 10.2 Å². The highest BCUT2D eigenvalue weighted by Gasteiger charge is 2.25. The van der Waals surface area contributed by atoms with Gasteiger partial charge in [-0.15, -0.1) is 3.89 Å². The van der Waals surface area contributed by atoms with Crippen LogP contribution in [0.4, 0.5) is 3.89 Å². The summed E-state index contributed by atoms with van der Waals surface area (Å²) in [5.41, 5.74) is 2.31. The highest BCUT2D eigenvalue weighted by Crippen LogP contribution is 2.27. The van der Waals surface area contributed by atoms with E-state index in [2.05, 4.69) is 0 Å². The SMILES string of the molecule is O=S(=O)(F)CC1Cc2ccccc2C1. The van der Waals surface area contributed by atoms with Gasteiger partial charge >= 0.3 is 10.2 Å². The molecule has 1 aliphatic rings. The fourth-order valence-corrected chi connectivity index (χ4v) is 2.85. The first-order valence-corrected chi connectivity index (χ1v) is 6.09. The number of halogens is 1. The zero-order chi connectivity index (χ0) is 10.2. The van der Waals surface area contributed by atoms with Gasteiger partial charge in [-0.2, -0.15) is 8.42 Å². The van der Waals surface area contributed by atoms with Crippen LogP contribution < -0.4 is 0 Å². The lowest BCUT2D eigenvalue weighted by Gasteiger charge is -2.03. The minimum Gasteiger partial charge on any atom is -0.195 e. The molecule has 1 aromatic rings. The third-order valence-corrected chi connectivity index (χ3v) is 3.44. The van der Waals surface area contributed by atoms with Gasteiger partial charge in [0.15, 0.2) is 0 Å². The van der Waals surface area contributed by atoms with Crippen molar-refractivity contribution in [1.29, 1.82) is 0 Å². The molecule has 76 valence electrons. The molecule has 1 aromatic carbocycles. The Balaban J connectivity index is 2.13. The maximum Gasteiger partial charge on any atom is 0.302 e. The van der Waals surface area contributed by atoms with Crippen molar-refractivity contribution in [2.45, 2.75) is 12.8 Å². The Morgan fingerprint density at radius 3 is 2.14 bits per heavy atom. The molecule has 0 spiro atoms. The predicted octanol–water partition coefficient (Wildman–Crippen LogP) is 1.70. The van der Waals surface area contributed by atoms with Crippen molar-refractivity contribution in [3.8, 4) is 0 Å². The molecule has 4 heteroatoms. The van der Waals surface area contributed by atoms with E-state index >= 15 is 0 Å². The summed E-state index contributed by atoms with van der Waals surface area (Å²) in [6.45, 7) is 0. The van der Waals surface area contributed by atoms with E-state index in [-0.39, 0.29) is 11.7 Å². The van der Waals surface area contributed by atoms with E-state index in [0.717, 1.165) is 11.1 Å². The minimum atomic E-state index is -4.33. The lowest BCUT2D eigenvalue weighted by atomic mass is 10.1. The highest BCUT2D eigenvalue weighted by atomic mass is 32.3. The molecule has 0 heterocycles. The largest absolute Gasteiger partial charge is 0.302 e. The smallest absolute Gasteiger partial charge is 0.195 e. The quantitative estimate of drug-likeness (QED) is 0.702. The molecule has 2 nitrogen and oxygen atoms in total. The Morgan fingerprint density at radius 1 is 1.21 bits per heavy atom. The van der Waals surface area contributed by atoms with E-state index in [4.69, 9.17) is 0 Å². The van der Waals surface area contributed by atoms with E-state index in [1.807, 2.05) is 24.3 Å². The first kappa shape index (κ1) is 9.65. The Hall–Kier alpha value is -0.900. The Bertz CT molecular complexity index is 414. The van der Waals surface area contributed by atoms with Crippen molar-refractivity contribution in [3.05, 3.63) is 35.4 Å². The zero-order valence-corrected chi connectivity index (χ0v) is 8.43. The first-order chi connectivity index (χ1) is 6.54. The van der Waals surface area contributed by atoms with Crippen LogP contribution in [0, 0.1) is 5.92 Å². The summed E-state index contributed by atoms with van der Waals surface area (Å²) in [6.07, 6.45) is 1.36. The molecule has 0 N–H and O–H groups in total. The van der Waals surface area contributed by atoms with Crippen molar-refractivity contribution in [3.63, 3.8) is 0 Å². The van der Waals surface area contributed by atoms with Gasteiger partial charge in [-0.25, -0.2) is 0 Å².